The summed E-state index contributed by atoms with van der Waals surface area (Å²) in [6.07, 6.45) is 1.90. The van der Waals surface area contributed by atoms with Gasteiger partial charge in [-0.2, -0.15) is 0 Å². The highest BCUT2D eigenvalue weighted by molar-refractivity contribution is 7.98. The third-order valence-electron chi connectivity index (χ3n) is 3.79. The molecule has 2 aromatic rings. The highest BCUT2D eigenvalue weighted by atomic mass is 32.2. The molecule has 7 nitrogen and oxygen atoms in total. The number of hydrogen-bond donors (Lipinski definition) is 0. The van der Waals surface area contributed by atoms with Crippen LogP contribution in [0.2, 0.25) is 0 Å². The molecular weight excluding hydrogens is 378 g/mol. The summed E-state index contributed by atoms with van der Waals surface area (Å²) >= 11 is 1.51. The number of sulfonamides is 1. The standard InChI is InChI=1S/C17H17NO6S2/c1-22-17(19)10-18(12-3-8-15-16(9-12)24-11-23-15)26(20,21)14-6-4-13(25-2)5-7-14/h3-9H,10-11H2,1-2H3. The first-order valence-corrected chi connectivity index (χ1v) is 10.3. The lowest BCUT2D eigenvalue weighted by atomic mass is 10.3. The summed E-state index contributed by atoms with van der Waals surface area (Å²) in [5, 5.41) is 0. The van der Waals surface area contributed by atoms with E-state index in [1.807, 2.05) is 6.26 Å². The molecule has 0 aliphatic carbocycles. The number of thioether (sulfide) groups is 1. The van der Waals surface area contributed by atoms with Crippen molar-refractivity contribution in [2.24, 2.45) is 0 Å². The summed E-state index contributed by atoms with van der Waals surface area (Å²) in [4.78, 5) is 12.8. The molecule has 0 bridgehead atoms. The van der Waals surface area contributed by atoms with E-state index in [1.165, 1.54) is 37.1 Å². The number of nitrogens with zero attached hydrogens (tertiary/aromatic N) is 1. The predicted octanol–water partition coefficient (Wildman–Crippen LogP) is 2.51. The van der Waals surface area contributed by atoms with Crippen LogP contribution in [-0.2, 0) is 19.6 Å². The summed E-state index contributed by atoms with van der Waals surface area (Å²) in [5.74, 6) is 0.269. The van der Waals surface area contributed by atoms with Gasteiger partial charge in [-0.3, -0.25) is 9.10 Å². The van der Waals surface area contributed by atoms with E-state index in [0.717, 1.165) is 9.20 Å². The molecule has 0 amide bonds. The van der Waals surface area contributed by atoms with Gasteiger partial charge in [-0.25, -0.2) is 8.42 Å². The summed E-state index contributed by atoms with van der Waals surface area (Å²) in [6.45, 7) is -0.387. The lowest BCUT2D eigenvalue weighted by Crippen LogP contribution is -2.36. The Morgan fingerprint density at radius 3 is 2.50 bits per heavy atom. The summed E-state index contributed by atoms with van der Waals surface area (Å²) in [7, 11) is -2.77. The van der Waals surface area contributed by atoms with Crippen molar-refractivity contribution < 1.29 is 27.4 Å². The molecule has 3 rings (SSSR count). The molecule has 0 spiro atoms. The van der Waals surface area contributed by atoms with E-state index < -0.39 is 22.5 Å². The van der Waals surface area contributed by atoms with Crippen LogP contribution in [0.1, 0.15) is 0 Å². The molecule has 0 N–H and O–H groups in total. The highest BCUT2D eigenvalue weighted by Crippen LogP contribution is 2.37. The Bertz CT molecular complexity index is 911. The molecule has 138 valence electrons. The lowest BCUT2D eigenvalue weighted by Gasteiger charge is -2.23. The van der Waals surface area contributed by atoms with Crippen molar-refractivity contribution in [1.82, 2.24) is 0 Å². The van der Waals surface area contributed by atoms with Crippen LogP contribution in [0, 0.1) is 0 Å². The average molecular weight is 395 g/mol. The predicted molar refractivity (Wildman–Crippen MR) is 97.3 cm³/mol. The smallest absolute Gasteiger partial charge is 0.326 e. The van der Waals surface area contributed by atoms with Crippen molar-refractivity contribution in [1.29, 1.82) is 0 Å². The van der Waals surface area contributed by atoms with Gasteiger partial charge in [0.15, 0.2) is 11.5 Å². The van der Waals surface area contributed by atoms with Crippen molar-refractivity contribution in [3.63, 3.8) is 0 Å². The highest BCUT2D eigenvalue weighted by Gasteiger charge is 2.29. The van der Waals surface area contributed by atoms with Crippen LogP contribution >= 0.6 is 11.8 Å². The Labute approximate surface area is 155 Å². The number of benzene rings is 2. The number of rotatable bonds is 6. The van der Waals surface area contributed by atoms with Gasteiger partial charge in [0.05, 0.1) is 17.7 Å². The third-order valence-corrected chi connectivity index (χ3v) is 6.32. The Hall–Kier alpha value is -2.39. The zero-order valence-corrected chi connectivity index (χ0v) is 15.8. The molecule has 1 heterocycles. The molecule has 0 radical (unpaired) electrons. The molecule has 0 aromatic heterocycles. The molecule has 0 atom stereocenters. The van der Waals surface area contributed by atoms with Crippen LogP contribution in [0.4, 0.5) is 5.69 Å². The first kappa shape index (κ1) is 18.4. The van der Waals surface area contributed by atoms with Crippen LogP contribution in [-0.4, -0.2) is 41.1 Å². The van der Waals surface area contributed by atoms with E-state index in [2.05, 4.69) is 4.74 Å². The number of hydrogen-bond acceptors (Lipinski definition) is 7. The Kier molecular flexibility index (Phi) is 5.28. The third kappa shape index (κ3) is 3.58. The minimum Gasteiger partial charge on any atom is -0.468 e. The fourth-order valence-electron chi connectivity index (χ4n) is 2.41. The first-order chi connectivity index (χ1) is 12.5. The molecule has 1 aliphatic heterocycles. The molecule has 9 heteroatoms. The maximum Gasteiger partial charge on any atom is 0.326 e. The maximum atomic E-state index is 13.1. The maximum absolute atomic E-state index is 13.1. The minimum atomic E-state index is -3.97. The fourth-order valence-corrected chi connectivity index (χ4v) is 4.22. The average Bonchev–Trinajstić information content (AvgIpc) is 3.13. The Morgan fingerprint density at radius 1 is 1.15 bits per heavy atom. The number of carbonyl (C=O) groups is 1. The number of methoxy groups -OCH3 is 1. The van der Waals surface area contributed by atoms with Gasteiger partial charge in [-0.1, -0.05) is 0 Å². The van der Waals surface area contributed by atoms with Crippen molar-refractivity contribution in [2.75, 3.05) is 31.0 Å². The van der Waals surface area contributed by atoms with Gasteiger partial charge in [0, 0.05) is 11.0 Å². The normalized spacial score (nSPS) is 12.7. The second kappa shape index (κ2) is 7.46. The number of carbonyl (C=O) groups excluding carboxylic acids is 1. The van der Waals surface area contributed by atoms with Crippen LogP contribution in [0.3, 0.4) is 0 Å². The molecule has 0 unspecified atom stereocenters. The lowest BCUT2D eigenvalue weighted by molar-refractivity contribution is -0.138. The first-order valence-electron chi connectivity index (χ1n) is 7.59. The number of fused-ring (bicyclic) bond motifs is 1. The van der Waals surface area contributed by atoms with Gasteiger partial charge < -0.3 is 14.2 Å². The van der Waals surface area contributed by atoms with Gasteiger partial charge in [0.1, 0.15) is 6.54 Å². The zero-order chi connectivity index (χ0) is 18.7. The minimum absolute atomic E-state index is 0.0681. The topological polar surface area (TPSA) is 82.1 Å². The summed E-state index contributed by atoms with van der Waals surface area (Å²) < 4.78 is 42.5. The SMILES string of the molecule is COC(=O)CN(c1ccc2c(c1)OCO2)S(=O)(=O)c1ccc(SC)cc1. The fraction of sp³-hybridized carbons (Fsp3) is 0.235. The van der Waals surface area contributed by atoms with Crippen molar-refractivity contribution in [3.05, 3.63) is 42.5 Å². The van der Waals surface area contributed by atoms with E-state index in [0.29, 0.717) is 11.5 Å². The van der Waals surface area contributed by atoms with E-state index in [-0.39, 0.29) is 17.4 Å². The molecule has 2 aromatic carbocycles. The molecule has 0 saturated carbocycles. The van der Waals surface area contributed by atoms with Crippen LogP contribution in [0.25, 0.3) is 0 Å². The van der Waals surface area contributed by atoms with Crippen molar-refractivity contribution >= 4 is 33.4 Å². The van der Waals surface area contributed by atoms with E-state index >= 15 is 0 Å². The van der Waals surface area contributed by atoms with E-state index in [9.17, 15) is 13.2 Å². The summed E-state index contributed by atoms with van der Waals surface area (Å²) in [6, 6.07) is 11.1. The molecule has 1 aliphatic rings. The van der Waals surface area contributed by atoms with Gasteiger partial charge in [0.2, 0.25) is 6.79 Å². The van der Waals surface area contributed by atoms with Crippen LogP contribution in [0.5, 0.6) is 11.5 Å². The molecule has 0 fully saturated rings. The number of ether oxygens (including phenoxy) is 3. The summed E-state index contributed by atoms with van der Waals surface area (Å²) in [5.41, 5.74) is 0.286. The second-order valence-corrected chi connectivity index (χ2v) is 8.04. The molecule has 26 heavy (non-hydrogen) atoms. The van der Waals surface area contributed by atoms with Gasteiger partial charge >= 0.3 is 5.97 Å². The van der Waals surface area contributed by atoms with E-state index in [4.69, 9.17) is 9.47 Å². The van der Waals surface area contributed by atoms with Gasteiger partial charge in [-0.05, 0) is 42.7 Å². The zero-order valence-electron chi connectivity index (χ0n) is 14.2. The van der Waals surface area contributed by atoms with E-state index in [1.54, 1.807) is 24.3 Å². The number of esters is 1. The van der Waals surface area contributed by atoms with Gasteiger partial charge in [-0.15, -0.1) is 11.8 Å². The molecule has 0 saturated heterocycles. The van der Waals surface area contributed by atoms with Crippen molar-refractivity contribution in [2.45, 2.75) is 9.79 Å². The number of anilines is 1. The Morgan fingerprint density at radius 2 is 1.85 bits per heavy atom. The molecular formula is C17H17NO6S2. The monoisotopic (exact) mass is 395 g/mol. The quantitative estimate of drug-likeness (QED) is 0.549. The van der Waals surface area contributed by atoms with Gasteiger partial charge in [0.25, 0.3) is 10.0 Å². The second-order valence-electron chi connectivity index (χ2n) is 5.30. The van der Waals surface area contributed by atoms with Crippen LogP contribution < -0.4 is 13.8 Å². The Balaban J connectivity index is 2.03. The van der Waals surface area contributed by atoms with Crippen molar-refractivity contribution in [3.8, 4) is 11.5 Å². The largest absolute Gasteiger partial charge is 0.468 e. The van der Waals surface area contributed by atoms with Crippen LogP contribution in [0.15, 0.2) is 52.3 Å².